The molecule has 3 rings (SSSR count). The monoisotopic (exact) mass is 304 g/mol. The summed E-state index contributed by atoms with van der Waals surface area (Å²) in [6, 6.07) is 16.8. The molecule has 3 aromatic carbocycles. The summed E-state index contributed by atoms with van der Waals surface area (Å²) < 4.78 is 27.8. The maximum atomic E-state index is 13.9. The summed E-state index contributed by atoms with van der Waals surface area (Å²) in [6.45, 7) is 0. The highest BCUT2D eigenvalue weighted by molar-refractivity contribution is 6.14. The molecular weight excluding hydrogens is 294 g/mol. The van der Waals surface area contributed by atoms with Crippen LogP contribution in [0.3, 0.4) is 0 Å². The van der Waals surface area contributed by atoms with Crippen LogP contribution in [0.25, 0.3) is 10.8 Å². The van der Waals surface area contributed by atoms with Gasteiger partial charge in [0.25, 0.3) is 0 Å². The number of nitrogens with one attached hydrogen (secondary N) is 1. The summed E-state index contributed by atoms with van der Waals surface area (Å²) in [4.78, 5) is 2.31. The highest BCUT2D eigenvalue weighted by atomic mass is 35.5. The Morgan fingerprint density at radius 2 is 1.48 bits per heavy atom. The number of para-hydroxylation sites is 1. The fourth-order valence-corrected chi connectivity index (χ4v) is 2.42. The zero-order valence-electron chi connectivity index (χ0n) is 10.9. The molecule has 0 aliphatic rings. The van der Waals surface area contributed by atoms with Crippen LogP contribution in [0, 0.1) is 11.6 Å². The molecule has 0 spiro atoms. The van der Waals surface area contributed by atoms with Crippen LogP contribution in [0.1, 0.15) is 0 Å². The largest absolute Gasteiger partial charge is 0.257 e. The molecule has 0 aromatic heterocycles. The van der Waals surface area contributed by atoms with Gasteiger partial charge in [-0.05, 0) is 46.8 Å². The molecule has 0 saturated heterocycles. The van der Waals surface area contributed by atoms with Crippen LogP contribution < -0.4 is 9.95 Å². The molecule has 0 bridgehead atoms. The number of fused-ring (bicyclic) bond motifs is 1. The van der Waals surface area contributed by atoms with E-state index < -0.39 is 11.6 Å². The average Bonchev–Trinajstić information content (AvgIpc) is 2.50. The van der Waals surface area contributed by atoms with Gasteiger partial charge in [0.05, 0.1) is 5.69 Å². The lowest BCUT2D eigenvalue weighted by atomic mass is 10.1. The second kappa shape index (κ2) is 5.68. The van der Waals surface area contributed by atoms with Crippen molar-refractivity contribution < 1.29 is 8.78 Å². The topological polar surface area (TPSA) is 15.3 Å². The summed E-state index contributed by atoms with van der Waals surface area (Å²) in [5.74, 6) is -1.40. The molecule has 0 aliphatic heterocycles. The maximum absolute atomic E-state index is 13.9. The van der Waals surface area contributed by atoms with Gasteiger partial charge in [-0.2, -0.15) is 0 Å². The van der Waals surface area contributed by atoms with Crippen LogP contribution in [-0.4, -0.2) is 0 Å². The molecule has 106 valence electrons. The molecule has 2 nitrogen and oxygen atoms in total. The molecule has 5 heteroatoms. The lowest BCUT2D eigenvalue weighted by Crippen LogP contribution is -2.27. The number of benzene rings is 3. The molecule has 0 fully saturated rings. The SMILES string of the molecule is Fc1cccc(F)c1N(NCl)c1ccc2ccccc2c1. The van der Waals surface area contributed by atoms with Crippen LogP contribution >= 0.6 is 11.8 Å². The molecule has 0 atom stereocenters. The minimum absolute atomic E-state index is 0.247. The van der Waals surface area contributed by atoms with Crippen molar-refractivity contribution in [3.05, 3.63) is 72.3 Å². The van der Waals surface area contributed by atoms with Crippen molar-refractivity contribution in [1.29, 1.82) is 0 Å². The third-order valence-corrected chi connectivity index (χ3v) is 3.41. The first-order chi connectivity index (χ1) is 10.2. The zero-order chi connectivity index (χ0) is 14.8. The van der Waals surface area contributed by atoms with Crippen LogP contribution in [0.15, 0.2) is 60.7 Å². The molecule has 3 aromatic rings. The van der Waals surface area contributed by atoms with E-state index in [0.29, 0.717) is 5.69 Å². The second-order valence-corrected chi connectivity index (χ2v) is 4.69. The zero-order valence-corrected chi connectivity index (χ0v) is 11.6. The number of hydrogen-bond acceptors (Lipinski definition) is 2. The van der Waals surface area contributed by atoms with Gasteiger partial charge in [0, 0.05) is 0 Å². The quantitative estimate of drug-likeness (QED) is 0.546. The maximum Gasteiger partial charge on any atom is 0.151 e. The summed E-state index contributed by atoms with van der Waals surface area (Å²) in [6.07, 6.45) is 0. The molecule has 0 radical (unpaired) electrons. The van der Waals surface area contributed by atoms with Crippen molar-refractivity contribution in [2.75, 3.05) is 5.01 Å². The Bertz CT molecular complexity index is 772. The molecule has 0 amide bonds. The lowest BCUT2D eigenvalue weighted by Gasteiger charge is -2.23. The summed E-state index contributed by atoms with van der Waals surface area (Å²) >= 11 is 5.67. The van der Waals surface area contributed by atoms with Gasteiger partial charge in [0.15, 0.2) is 11.6 Å². The standard InChI is InChI=1S/C16H11ClF2N2/c17-20-21(16-14(18)6-3-7-15(16)19)13-9-8-11-4-1-2-5-12(11)10-13/h1-10,20H. The summed E-state index contributed by atoms with van der Waals surface area (Å²) in [5.41, 5.74) is 0.287. The van der Waals surface area contributed by atoms with Crippen LogP contribution in [0.2, 0.25) is 0 Å². The van der Waals surface area contributed by atoms with Gasteiger partial charge in [-0.15, -0.1) is 4.94 Å². The molecule has 0 saturated carbocycles. The first kappa shape index (κ1) is 13.8. The molecule has 21 heavy (non-hydrogen) atoms. The predicted molar refractivity (Wildman–Crippen MR) is 81.4 cm³/mol. The second-order valence-electron chi connectivity index (χ2n) is 4.52. The molecule has 0 heterocycles. The molecular formula is C16H11ClF2N2. The highest BCUT2D eigenvalue weighted by Crippen LogP contribution is 2.31. The summed E-state index contributed by atoms with van der Waals surface area (Å²) in [7, 11) is 0. The fraction of sp³-hybridized carbons (Fsp3) is 0. The van der Waals surface area contributed by atoms with Gasteiger partial charge in [-0.3, -0.25) is 5.01 Å². The number of hydrazine groups is 1. The molecule has 0 unspecified atom stereocenters. The van der Waals surface area contributed by atoms with Gasteiger partial charge in [-0.1, -0.05) is 36.4 Å². The minimum atomic E-state index is -0.698. The van der Waals surface area contributed by atoms with E-state index in [4.69, 9.17) is 11.8 Å². The Hall–Kier alpha value is -2.17. The smallest absolute Gasteiger partial charge is 0.151 e. The van der Waals surface area contributed by atoms with E-state index in [1.54, 1.807) is 12.1 Å². The number of anilines is 2. The van der Waals surface area contributed by atoms with E-state index in [0.717, 1.165) is 10.8 Å². The minimum Gasteiger partial charge on any atom is -0.257 e. The van der Waals surface area contributed by atoms with E-state index in [2.05, 4.69) is 4.94 Å². The highest BCUT2D eigenvalue weighted by Gasteiger charge is 2.18. The third kappa shape index (κ3) is 2.55. The van der Waals surface area contributed by atoms with Crippen LogP contribution in [0.5, 0.6) is 0 Å². The Morgan fingerprint density at radius 3 is 2.14 bits per heavy atom. The van der Waals surface area contributed by atoms with Crippen molar-refractivity contribution in [3.63, 3.8) is 0 Å². The number of rotatable bonds is 3. The number of halogens is 3. The van der Waals surface area contributed by atoms with E-state index in [1.807, 2.05) is 30.3 Å². The van der Waals surface area contributed by atoms with Crippen molar-refractivity contribution in [1.82, 2.24) is 4.94 Å². The Kier molecular flexibility index (Phi) is 3.73. The van der Waals surface area contributed by atoms with Crippen molar-refractivity contribution in [2.45, 2.75) is 0 Å². The average molecular weight is 305 g/mol. The first-order valence-electron chi connectivity index (χ1n) is 6.30. The normalized spacial score (nSPS) is 10.8. The lowest BCUT2D eigenvalue weighted by molar-refractivity contribution is 0.579. The predicted octanol–water partition coefficient (Wildman–Crippen LogP) is 4.91. The van der Waals surface area contributed by atoms with Gasteiger partial charge in [0.1, 0.15) is 5.69 Å². The van der Waals surface area contributed by atoms with E-state index >= 15 is 0 Å². The molecule has 0 aliphatic carbocycles. The fourth-order valence-electron chi connectivity index (χ4n) is 2.24. The third-order valence-electron chi connectivity index (χ3n) is 3.24. The Balaban J connectivity index is 2.14. The Labute approximate surface area is 125 Å². The van der Waals surface area contributed by atoms with Crippen molar-refractivity contribution in [3.8, 4) is 0 Å². The van der Waals surface area contributed by atoms with E-state index in [-0.39, 0.29) is 5.69 Å². The van der Waals surface area contributed by atoms with Gasteiger partial charge >= 0.3 is 0 Å². The summed E-state index contributed by atoms with van der Waals surface area (Å²) in [5, 5.41) is 3.15. The number of nitrogens with zero attached hydrogens (tertiary/aromatic N) is 1. The van der Waals surface area contributed by atoms with E-state index in [1.165, 1.54) is 23.2 Å². The molecule has 1 N–H and O–H groups in total. The van der Waals surface area contributed by atoms with Crippen LogP contribution in [-0.2, 0) is 0 Å². The van der Waals surface area contributed by atoms with E-state index in [9.17, 15) is 8.78 Å². The van der Waals surface area contributed by atoms with Crippen molar-refractivity contribution >= 4 is 33.9 Å². The van der Waals surface area contributed by atoms with Gasteiger partial charge < -0.3 is 0 Å². The van der Waals surface area contributed by atoms with Gasteiger partial charge in [0.2, 0.25) is 0 Å². The van der Waals surface area contributed by atoms with Crippen molar-refractivity contribution in [2.24, 2.45) is 0 Å². The number of hydrogen-bond donors (Lipinski definition) is 1. The first-order valence-corrected chi connectivity index (χ1v) is 6.68. The van der Waals surface area contributed by atoms with Gasteiger partial charge in [-0.25, -0.2) is 8.78 Å². The Morgan fingerprint density at radius 1 is 0.810 bits per heavy atom. The van der Waals surface area contributed by atoms with Crippen LogP contribution in [0.4, 0.5) is 20.2 Å².